The SMILES string of the molecule is COc1ccc(Cl)cc1S(=O)(=O)N1CCN(CCN(C)C)CC1. The summed E-state index contributed by atoms with van der Waals surface area (Å²) in [4.78, 5) is 4.54. The van der Waals surface area contributed by atoms with Crippen LogP contribution in [-0.4, -0.2) is 83.0 Å². The van der Waals surface area contributed by atoms with Crippen LogP contribution in [0.15, 0.2) is 23.1 Å². The van der Waals surface area contributed by atoms with Crippen molar-refractivity contribution in [1.29, 1.82) is 0 Å². The lowest BCUT2D eigenvalue weighted by Crippen LogP contribution is -2.49. The molecule has 0 N–H and O–H groups in total. The van der Waals surface area contributed by atoms with Gasteiger partial charge in [-0.2, -0.15) is 4.31 Å². The second-order valence-corrected chi connectivity index (χ2v) is 8.19. The van der Waals surface area contributed by atoms with Crippen LogP contribution in [0.2, 0.25) is 5.02 Å². The molecule has 0 aliphatic carbocycles. The number of sulfonamides is 1. The molecular weight excluding hydrogens is 338 g/mol. The van der Waals surface area contributed by atoms with Gasteiger partial charge in [-0.25, -0.2) is 8.42 Å². The summed E-state index contributed by atoms with van der Waals surface area (Å²) < 4.78 is 32.4. The summed E-state index contributed by atoms with van der Waals surface area (Å²) in [6.45, 7) is 4.33. The Balaban J connectivity index is 2.09. The number of benzene rings is 1. The smallest absolute Gasteiger partial charge is 0.246 e. The molecule has 6 nitrogen and oxygen atoms in total. The number of hydrogen-bond acceptors (Lipinski definition) is 5. The predicted molar refractivity (Wildman–Crippen MR) is 91.8 cm³/mol. The number of halogens is 1. The van der Waals surface area contributed by atoms with Crippen LogP contribution in [0.5, 0.6) is 5.75 Å². The molecule has 0 radical (unpaired) electrons. The van der Waals surface area contributed by atoms with Crippen molar-refractivity contribution in [3.63, 3.8) is 0 Å². The van der Waals surface area contributed by atoms with E-state index >= 15 is 0 Å². The van der Waals surface area contributed by atoms with Gasteiger partial charge in [0.25, 0.3) is 0 Å². The Kier molecular flexibility index (Phi) is 6.27. The molecule has 8 heteroatoms. The molecule has 1 aliphatic heterocycles. The largest absolute Gasteiger partial charge is 0.495 e. The fourth-order valence-corrected chi connectivity index (χ4v) is 4.37. The van der Waals surface area contributed by atoms with Crippen LogP contribution in [0.25, 0.3) is 0 Å². The number of rotatable bonds is 6. The summed E-state index contributed by atoms with van der Waals surface area (Å²) in [5.74, 6) is 0.324. The van der Waals surface area contributed by atoms with E-state index in [1.807, 2.05) is 14.1 Å². The third-order valence-corrected chi connectivity index (χ3v) is 6.09. The quantitative estimate of drug-likeness (QED) is 0.762. The first-order chi connectivity index (χ1) is 10.8. The number of piperazine rings is 1. The van der Waals surface area contributed by atoms with Gasteiger partial charge in [-0.05, 0) is 32.3 Å². The normalized spacial score (nSPS) is 17.6. The van der Waals surface area contributed by atoms with Gasteiger partial charge in [0.15, 0.2) is 0 Å². The lowest BCUT2D eigenvalue weighted by atomic mass is 10.3. The first-order valence-corrected chi connectivity index (χ1v) is 9.37. The molecule has 2 rings (SSSR count). The maximum Gasteiger partial charge on any atom is 0.246 e. The van der Waals surface area contributed by atoms with Crippen LogP contribution in [-0.2, 0) is 10.0 Å². The van der Waals surface area contributed by atoms with Crippen molar-refractivity contribution in [2.45, 2.75) is 4.90 Å². The van der Waals surface area contributed by atoms with Crippen molar-refractivity contribution in [2.75, 3.05) is 60.5 Å². The molecule has 1 aromatic rings. The molecule has 0 amide bonds. The van der Waals surface area contributed by atoms with Crippen molar-refractivity contribution in [3.05, 3.63) is 23.2 Å². The van der Waals surface area contributed by atoms with E-state index in [0.717, 1.165) is 26.2 Å². The molecule has 1 heterocycles. The van der Waals surface area contributed by atoms with E-state index in [-0.39, 0.29) is 4.90 Å². The zero-order valence-corrected chi connectivity index (χ0v) is 15.4. The number of methoxy groups -OCH3 is 1. The summed E-state index contributed by atoms with van der Waals surface area (Å²) in [5, 5.41) is 0.383. The second kappa shape index (κ2) is 7.81. The molecule has 0 unspecified atom stereocenters. The highest BCUT2D eigenvalue weighted by Gasteiger charge is 2.30. The van der Waals surface area contributed by atoms with Crippen molar-refractivity contribution in [1.82, 2.24) is 14.1 Å². The van der Waals surface area contributed by atoms with Crippen LogP contribution in [0.3, 0.4) is 0 Å². The fraction of sp³-hybridized carbons (Fsp3) is 0.600. The first kappa shape index (κ1) is 18.5. The third kappa shape index (κ3) is 4.58. The molecule has 0 atom stereocenters. The predicted octanol–water partition coefficient (Wildman–Crippen LogP) is 1.22. The number of nitrogens with zero attached hydrogens (tertiary/aromatic N) is 3. The first-order valence-electron chi connectivity index (χ1n) is 7.55. The van der Waals surface area contributed by atoms with Crippen LogP contribution in [0, 0.1) is 0 Å². The van der Waals surface area contributed by atoms with E-state index in [4.69, 9.17) is 16.3 Å². The van der Waals surface area contributed by atoms with Crippen LogP contribution in [0.4, 0.5) is 0 Å². The molecule has 23 heavy (non-hydrogen) atoms. The van der Waals surface area contributed by atoms with Gasteiger partial charge in [0.05, 0.1) is 7.11 Å². The molecule has 0 spiro atoms. The van der Waals surface area contributed by atoms with Crippen molar-refractivity contribution < 1.29 is 13.2 Å². The molecule has 1 fully saturated rings. The average molecular weight is 362 g/mol. The Morgan fingerprint density at radius 2 is 1.87 bits per heavy atom. The van der Waals surface area contributed by atoms with Gasteiger partial charge < -0.3 is 9.64 Å². The standard InChI is InChI=1S/C15H24ClN3O3S/c1-17(2)6-7-18-8-10-19(11-9-18)23(20,21)15-12-13(16)4-5-14(15)22-3/h4-5,12H,6-11H2,1-3H3. The highest BCUT2D eigenvalue weighted by atomic mass is 35.5. The minimum absolute atomic E-state index is 0.134. The summed E-state index contributed by atoms with van der Waals surface area (Å²) in [5.41, 5.74) is 0. The summed E-state index contributed by atoms with van der Waals surface area (Å²) in [6, 6.07) is 4.66. The number of hydrogen-bond donors (Lipinski definition) is 0. The van der Waals surface area contributed by atoms with E-state index in [1.54, 1.807) is 12.1 Å². The minimum Gasteiger partial charge on any atom is -0.495 e. The van der Waals surface area contributed by atoms with Crippen LogP contribution in [0.1, 0.15) is 0 Å². The molecular formula is C15H24ClN3O3S. The molecule has 1 saturated heterocycles. The average Bonchev–Trinajstić information content (AvgIpc) is 2.53. The van der Waals surface area contributed by atoms with Crippen LogP contribution >= 0.6 is 11.6 Å². The molecule has 130 valence electrons. The minimum atomic E-state index is -3.60. The van der Waals surface area contributed by atoms with Gasteiger partial charge in [0.2, 0.25) is 10.0 Å². The van der Waals surface area contributed by atoms with Gasteiger partial charge in [0, 0.05) is 44.3 Å². The number of ether oxygens (including phenoxy) is 1. The van der Waals surface area contributed by atoms with E-state index < -0.39 is 10.0 Å². The molecule has 0 saturated carbocycles. The van der Waals surface area contributed by atoms with Gasteiger partial charge >= 0.3 is 0 Å². The van der Waals surface area contributed by atoms with E-state index in [9.17, 15) is 8.42 Å². The Morgan fingerprint density at radius 1 is 1.22 bits per heavy atom. The molecule has 1 aliphatic rings. The van der Waals surface area contributed by atoms with Crippen molar-refractivity contribution in [2.24, 2.45) is 0 Å². The van der Waals surface area contributed by atoms with E-state index in [0.29, 0.717) is 23.9 Å². The third-order valence-electron chi connectivity index (χ3n) is 3.94. The molecule has 0 aromatic heterocycles. The zero-order chi connectivity index (χ0) is 17.0. The Bertz CT molecular complexity index is 629. The van der Waals surface area contributed by atoms with Gasteiger partial charge in [-0.3, -0.25) is 4.90 Å². The Labute approximate surface area is 143 Å². The van der Waals surface area contributed by atoms with E-state index in [2.05, 4.69) is 9.80 Å². The maximum atomic E-state index is 12.9. The van der Waals surface area contributed by atoms with Gasteiger partial charge in [0.1, 0.15) is 10.6 Å². The summed E-state index contributed by atoms with van der Waals surface area (Å²) >= 11 is 5.96. The van der Waals surface area contributed by atoms with Crippen molar-refractivity contribution >= 4 is 21.6 Å². The Morgan fingerprint density at radius 3 is 2.43 bits per heavy atom. The highest BCUT2D eigenvalue weighted by Crippen LogP contribution is 2.30. The number of likely N-dealkylation sites (N-methyl/N-ethyl adjacent to an activating group) is 1. The second-order valence-electron chi connectivity index (χ2n) is 5.84. The zero-order valence-electron chi connectivity index (χ0n) is 13.8. The summed E-state index contributed by atoms with van der Waals surface area (Å²) in [7, 11) is 1.93. The topological polar surface area (TPSA) is 53.1 Å². The summed E-state index contributed by atoms with van der Waals surface area (Å²) in [6.07, 6.45) is 0. The van der Waals surface area contributed by atoms with Gasteiger partial charge in [-0.15, -0.1) is 0 Å². The Hall–Kier alpha value is -0.860. The van der Waals surface area contributed by atoms with Crippen molar-refractivity contribution in [3.8, 4) is 5.75 Å². The maximum absolute atomic E-state index is 12.9. The lowest BCUT2D eigenvalue weighted by Gasteiger charge is -2.34. The highest BCUT2D eigenvalue weighted by molar-refractivity contribution is 7.89. The van der Waals surface area contributed by atoms with Crippen LogP contribution < -0.4 is 4.74 Å². The molecule has 1 aromatic carbocycles. The fourth-order valence-electron chi connectivity index (χ4n) is 2.53. The monoisotopic (exact) mass is 361 g/mol. The molecule has 0 bridgehead atoms. The lowest BCUT2D eigenvalue weighted by molar-refractivity contribution is 0.174. The van der Waals surface area contributed by atoms with E-state index in [1.165, 1.54) is 17.5 Å². The van der Waals surface area contributed by atoms with Gasteiger partial charge in [-0.1, -0.05) is 11.6 Å².